The second kappa shape index (κ2) is 6.90. The van der Waals surface area contributed by atoms with E-state index in [4.69, 9.17) is 0 Å². The van der Waals surface area contributed by atoms with Gasteiger partial charge < -0.3 is 0 Å². The highest BCUT2D eigenvalue weighted by atomic mass is 16.2. The molecule has 1 aliphatic rings. The molecule has 0 atom stereocenters. The van der Waals surface area contributed by atoms with Crippen molar-refractivity contribution in [3.05, 3.63) is 83.3 Å². The van der Waals surface area contributed by atoms with E-state index < -0.39 is 0 Å². The number of hydrogen-bond donors (Lipinski definition) is 0. The third kappa shape index (κ3) is 3.14. The molecule has 0 spiro atoms. The van der Waals surface area contributed by atoms with Crippen molar-refractivity contribution in [3.63, 3.8) is 0 Å². The van der Waals surface area contributed by atoms with Gasteiger partial charge >= 0.3 is 0 Å². The van der Waals surface area contributed by atoms with Gasteiger partial charge in [0.2, 0.25) is 0 Å². The van der Waals surface area contributed by atoms with Gasteiger partial charge in [-0.05, 0) is 29.5 Å². The van der Waals surface area contributed by atoms with Gasteiger partial charge in [0.15, 0.2) is 5.82 Å². The topological polar surface area (TPSA) is 93.9 Å². The van der Waals surface area contributed by atoms with E-state index >= 15 is 0 Å². The molecule has 0 fully saturated rings. The van der Waals surface area contributed by atoms with Crippen LogP contribution in [0.15, 0.2) is 60.7 Å². The van der Waals surface area contributed by atoms with Crippen molar-refractivity contribution < 1.29 is 9.59 Å². The summed E-state index contributed by atoms with van der Waals surface area (Å²) < 4.78 is 0. The summed E-state index contributed by atoms with van der Waals surface area (Å²) in [6.45, 7) is 0.608. The minimum atomic E-state index is -0.279. The Labute approximate surface area is 165 Å². The van der Waals surface area contributed by atoms with E-state index in [9.17, 15) is 9.59 Å². The molecule has 0 N–H and O–H groups in total. The molecule has 0 aliphatic carbocycles. The molecule has 8 nitrogen and oxygen atoms in total. The predicted octanol–water partition coefficient (Wildman–Crippen LogP) is 2.11. The van der Waals surface area contributed by atoms with Gasteiger partial charge in [-0.15, -0.1) is 10.2 Å². The van der Waals surface area contributed by atoms with Gasteiger partial charge in [0.25, 0.3) is 11.8 Å². The molecule has 5 rings (SSSR count). The number of tetrazole rings is 1. The van der Waals surface area contributed by atoms with E-state index in [0.29, 0.717) is 29.9 Å². The molecule has 4 aromatic rings. The Morgan fingerprint density at radius 3 is 2.34 bits per heavy atom. The molecule has 142 valence electrons. The minimum Gasteiger partial charge on any atom is -0.274 e. The Kier molecular flexibility index (Phi) is 4.09. The van der Waals surface area contributed by atoms with Crippen molar-refractivity contribution in [1.82, 2.24) is 30.1 Å². The number of aromatic nitrogens is 5. The molecule has 0 saturated heterocycles. The van der Waals surface area contributed by atoms with Crippen molar-refractivity contribution in [2.75, 3.05) is 6.54 Å². The summed E-state index contributed by atoms with van der Waals surface area (Å²) in [7, 11) is 0. The summed E-state index contributed by atoms with van der Waals surface area (Å²) in [6, 6.07) is 18.7. The van der Waals surface area contributed by atoms with E-state index in [1.54, 1.807) is 24.3 Å². The van der Waals surface area contributed by atoms with Crippen LogP contribution < -0.4 is 0 Å². The van der Waals surface area contributed by atoms with E-state index in [-0.39, 0.29) is 18.4 Å². The van der Waals surface area contributed by atoms with E-state index in [0.717, 1.165) is 16.6 Å². The Morgan fingerprint density at radius 1 is 0.828 bits per heavy atom. The first kappa shape index (κ1) is 17.2. The standard InChI is InChI=1S/C21H16N6O2/c28-20-16-6-2-3-7-17(16)21(29)26(20)12-11-19-23-25-27(24-19)13-15-10-9-14-5-1-4-8-18(14)22-15/h1-10H,11-13H2. The molecule has 2 aromatic heterocycles. The van der Waals surface area contributed by atoms with Crippen molar-refractivity contribution in [3.8, 4) is 0 Å². The lowest BCUT2D eigenvalue weighted by atomic mass is 10.1. The van der Waals surface area contributed by atoms with Crippen molar-refractivity contribution >= 4 is 22.7 Å². The molecule has 29 heavy (non-hydrogen) atoms. The van der Waals surface area contributed by atoms with Crippen molar-refractivity contribution in [2.24, 2.45) is 0 Å². The number of amides is 2. The molecule has 8 heteroatoms. The maximum Gasteiger partial charge on any atom is 0.261 e. The highest BCUT2D eigenvalue weighted by Gasteiger charge is 2.34. The van der Waals surface area contributed by atoms with Crippen LogP contribution in [0.4, 0.5) is 0 Å². The normalized spacial score (nSPS) is 13.3. The smallest absolute Gasteiger partial charge is 0.261 e. The third-order valence-corrected chi connectivity index (χ3v) is 4.89. The van der Waals surface area contributed by atoms with Crippen molar-refractivity contribution in [2.45, 2.75) is 13.0 Å². The van der Waals surface area contributed by atoms with E-state index in [1.807, 2.05) is 36.4 Å². The van der Waals surface area contributed by atoms with Crippen LogP contribution in [0.5, 0.6) is 0 Å². The Balaban J connectivity index is 1.26. The number of carbonyl (C=O) groups excluding carboxylic acids is 2. The van der Waals surface area contributed by atoms with Crippen LogP contribution in [0, 0.1) is 0 Å². The summed E-state index contributed by atoms with van der Waals surface area (Å²) in [5.74, 6) is -0.0842. The Morgan fingerprint density at radius 2 is 1.55 bits per heavy atom. The molecule has 2 aromatic carbocycles. The van der Waals surface area contributed by atoms with Crippen LogP contribution in [-0.2, 0) is 13.0 Å². The van der Waals surface area contributed by atoms with E-state index in [1.165, 1.54) is 9.70 Å². The summed E-state index contributed by atoms with van der Waals surface area (Å²) in [5.41, 5.74) is 2.62. The van der Waals surface area contributed by atoms with Gasteiger partial charge in [0.05, 0.1) is 22.3 Å². The molecular weight excluding hydrogens is 368 g/mol. The first-order chi connectivity index (χ1) is 14.2. The first-order valence-electron chi connectivity index (χ1n) is 9.25. The average Bonchev–Trinajstić information content (AvgIpc) is 3.29. The highest BCUT2D eigenvalue weighted by Crippen LogP contribution is 2.22. The lowest BCUT2D eigenvalue weighted by Gasteiger charge is -2.11. The number of rotatable bonds is 5. The summed E-state index contributed by atoms with van der Waals surface area (Å²) in [6.07, 6.45) is 0.344. The fourth-order valence-electron chi connectivity index (χ4n) is 3.44. The van der Waals surface area contributed by atoms with Crippen molar-refractivity contribution in [1.29, 1.82) is 0 Å². The quantitative estimate of drug-likeness (QED) is 0.489. The van der Waals surface area contributed by atoms with Gasteiger partial charge in [-0.2, -0.15) is 4.80 Å². The van der Waals surface area contributed by atoms with Gasteiger partial charge in [0.1, 0.15) is 6.54 Å². The molecule has 0 unspecified atom stereocenters. The zero-order valence-electron chi connectivity index (χ0n) is 15.4. The molecular formula is C21H16N6O2. The zero-order chi connectivity index (χ0) is 19.8. The number of nitrogens with zero attached hydrogens (tertiary/aromatic N) is 6. The SMILES string of the molecule is O=C1c2ccccc2C(=O)N1CCc1nnn(Cc2ccc3ccccc3n2)n1. The van der Waals surface area contributed by atoms with E-state index in [2.05, 4.69) is 20.4 Å². The maximum atomic E-state index is 12.4. The molecule has 3 heterocycles. The number of fused-ring (bicyclic) bond motifs is 2. The Hall–Kier alpha value is -3.94. The number of benzene rings is 2. The van der Waals surface area contributed by atoms with Gasteiger partial charge in [-0.25, -0.2) is 0 Å². The molecule has 2 amide bonds. The number of hydrogen-bond acceptors (Lipinski definition) is 6. The van der Waals surface area contributed by atoms with Gasteiger partial charge in [0, 0.05) is 18.4 Å². The second-order valence-electron chi connectivity index (χ2n) is 6.79. The fourth-order valence-corrected chi connectivity index (χ4v) is 3.44. The third-order valence-electron chi connectivity index (χ3n) is 4.89. The van der Waals surface area contributed by atoms with Crippen LogP contribution in [0.1, 0.15) is 32.2 Å². The highest BCUT2D eigenvalue weighted by molar-refractivity contribution is 6.21. The lowest BCUT2D eigenvalue weighted by Crippen LogP contribution is -2.32. The average molecular weight is 384 g/mol. The zero-order valence-corrected chi connectivity index (χ0v) is 15.4. The number of para-hydroxylation sites is 1. The van der Waals surface area contributed by atoms with Crippen LogP contribution in [-0.4, -0.2) is 48.5 Å². The predicted molar refractivity (Wildman–Crippen MR) is 104 cm³/mol. The molecule has 1 aliphatic heterocycles. The largest absolute Gasteiger partial charge is 0.274 e. The van der Waals surface area contributed by atoms with Crippen LogP contribution >= 0.6 is 0 Å². The fraction of sp³-hybridized carbons (Fsp3) is 0.143. The van der Waals surface area contributed by atoms with Gasteiger partial charge in [-0.3, -0.25) is 19.5 Å². The first-order valence-corrected chi connectivity index (χ1v) is 9.25. The lowest BCUT2D eigenvalue weighted by molar-refractivity contribution is 0.0655. The number of pyridine rings is 1. The van der Waals surface area contributed by atoms with Crippen LogP contribution in [0.25, 0.3) is 10.9 Å². The summed E-state index contributed by atoms with van der Waals surface area (Å²) in [4.78, 5) is 32.1. The van der Waals surface area contributed by atoms with Gasteiger partial charge in [-0.1, -0.05) is 36.4 Å². The summed E-state index contributed by atoms with van der Waals surface area (Å²) in [5, 5.41) is 13.5. The molecule has 0 bridgehead atoms. The Bertz CT molecular complexity index is 1210. The number of imide groups is 1. The van der Waals surface area contributed by atoms with Crippen LogP contribution in [0.3, 0.4) is 0 Å². The monoisotopic (exact) mass is 384 g/mol. The molecule has 0 saturated carbocycles. The summed E-state index contributed by atoms with van der Waals surface area (Å²) >= 11 is 0. The minimum absolute atomic E-state index is 0.215. The van der Waals surface area contributed by atoms with Crippen LogP contribution in [0.2, 0.25) is 0 Å². The maximum absolute atomic E-state index is 12.4. The number of carbonyl (C=O) groups is 2. The second-order valence-corrected chi connectivity index (χ2v) is 6.79. The molecule has 0 radical (unpaired) electrons.